The molecule has 0 saturated heterocycles. The Morgan fingerprint density at radius 1 is 0.762 bits per heavy atom. The van der Waals surface area contributed by atoms with Gasteiger partial charge in [-0.05, 0) is 88.2 Å². The van der Waals surface area contributed by atoms with Gasteiger partial charge < -0.3 is 28.9 Å². The lowest BCUT2D eigenvalue weighted by Gasteiger charge is -1.99. The van der Waals surface area contributed by atoms with Crippen LogP contribution in [0.25, 0.3) is 33.1 Å². The molecule has 2 aromatic carbocycles. The number of aromatic amines is 2. The van der Waals surface area contributed by atoms with Crippen LogP contribution in [0.3, 0.4) is 0 Å². The minimum absolute atomic E-state index is 0.0258. The molecule has 0 saturated carbocycles. The molecule has 0 aliphatic rings. The Hall–Kier alpha value is -3.94. The number of nitrogens with zero attached hydrogens (tertiary/aromatic N) is 2. The summed E-state index contributed by atoms with van der Waals surface area (Å²) >= 11 is 4.31. The molecule has 4 N–H and O–H groups in total. The quantitative estimate of drug-likeness (QED) is 0.0891. The van der Waals surface area contributed by atoms with Crippen LogP contribution in [-0.2, 0) is 0 Å². The SMILES string of the molecule is CI.O=Cc1ccc(-c2ccc3nc[nH]c(=O)c3c2)o1.O=Cc1ccc(B(O)O)o1.O=c1[nH]cnc2ccc(I)cc12. The van der Waals surface area contributed by atoms with Crippen molar-refractivity contribution >= 4 is 92.3 Å². The fourth-order valence-electron chi connectivity index (χ4n) is 3.40. The standard InChI is InChI=1S/C13H8N2O3.C8H5IN2O.C5H5BO4.CH3I/c16-6-9-2-4-12(18-9)8-1-3-11-10(5-8)13(17)15-7-14-11;9-5-1-2-7-6(3-5)8(12)11-4-10-7;7-3-4-1-2-5(10-4)6(8)9;1-2/h1-7H,(H,14,15,17);1-4H,(H,10,11,12);1-3,8-9H;1H3. The van der Waals surface area contributed by atoms with Crippen LogP contribution >= 0.6 is 45.2 Å². The Balaban J connectivity index is 0.000000176. The third-order valence-electron chi connectivity index (χ3n) is 5.29. The minimum Gasteiger partial charge on any atom is -0.462 e. The maximum absolute atomic E-state index is 11.6. The van der Waals surface area contributed by atoms with Gasteiger partial charge in [-0.1, -0.05) is 22.6 Å². The molecule has 0 fully saturated rings. The fraction of sp³-hybridized carbons (Fsp3) is 0.0370. The van der Waals surface area contributed by atoms with Crippen LogP contribution in [0, 0.1) is 3.57 Å². The Morgan fingerprint density at radius 3 is 1.83 bits per heavy atom. The molecule has 214 valence electrons. The number of hydrogen-bond donors (Lipinski definition) is 4. The fourth-order valence-corrected chi connectivity index (χ4v) is 3.90. The molecule has 0 aliphatic heterocycles. The first-order chi connectivity index (χ1) is 20.3. The lowest BCUT2D eigenvalue weighted by Crippen LogP contribution is -2.27. The van der Waals surface area contributed by atoms with Crippen molar-refractivity contribution in [3.05, 3.63) is 109 Å². The second-order valence-electron chi connectivity index (χ2n) is 7.91. The molecule has 0 radical (unpaired) electrons. The highest BCUT2D eigenvalue weighted by molar-refractivity contribution is 14.1. The number of aldehydes is 2. The Kier molecular flexibility index (Phi) is 12.3. The van der Waals surface area contributed by atoms with E-state index in [2.05, 4.69) is 69.5 Å². The van der Waals surface area contributed by atoms with E-state index >= 15 is 0 Å². The van der Waals surface area contributed by atoms with Gasteiger partial charge in [-0.2, -0.15) is 0 Å². The Bertz CT molecular complexity index is 1920. The van der Waals surface area contributed by atoms with Crippen LogP contribution in [0.15, 0.2) is 91.7 Å². The number of benzene rings is 2. The van der Waals surface area contributed by atoms with Gasteiger partial charge >= 0.3 is 7.12 Å². The summed E-state index contributed by atoms with van der Waals surface area (Å²) in [4.78, 5) is 58.5. The molecule has 15 heteroatoms. The molecule has 6 rings (SSSR count). The van der Waals surface area contributed by atoms with E-state index < -0.39 is 7.12 Å². The molecule has 4 heterocycles. The summed E-state index contributed by atoms with van der Waals surface area (Å²) < 4.78 is 11.0. The summed E-state index contributed by atoms with van der Waals surface area (Å²) in [5, 5.41) is 18.1. The van der Waals surface area contributed by atoms with Gasteiger partial charge in [0.1, 0.15) is 11.4 Å². The maximum atomic E-state index is 11.6. The van der Waals surface area contributed by atoms with Gasteiger partial charge in [-0.25, -0.2) is 9.97 Å². The highest BCUT2D eigenvalue weighted by Gasteiger charge is 2.15. The zero-order chi connectivity index (χ0) is 30.6. The molecular formula is C27H21BI2N4O8. The minimum atomic E-state index is -1.64. The number of H-pyrrole nitrogens is 2. The average Bonchev–Trinajstić information content (AvgIpc) is 3.70. The summed E-state index contributed by atoms with van der Waals surface area (Å²) in [6.45, 7) is 0. The van der Waals surface area contributed by atoms with Crippen LogP contribution in [0.4, 0.5) is 0 Å². The van der Waals surface area contributed by atoms with Crippen molar-refractivity contribution in [2.24, 2.45) is 0 Å². The monoisotopic (exact) mass is 794 g/mol. The van der Waals surface area contributed by atoms with E-state index in [0.29, 0.717) is 34.6 Å². The van der Waals surface area contributed by atoms with Crippen molar-refractivity contribution in [3.63, 3.8) is 0 Å². The largest absolute Gasteiger partial charge is 0.526 e. The average molecular weight is 794 g/mol. The number of aromatic nitrogens is 4. The van der Waals surface area contributed by atoms with E-state index in [0.717, 1.165) is 14.7 Å². The molecule has 0 unspecified atom stereocenters. The maximum Gasteiger partial charge on any atom is 0.526 e. The van der Waals surface area contributed by atoms with Crippen molar-refractivity contribution in [3.8, 4) is 11.3 Å². The number of rotatable bonds is 4. The van der Waals surface area contributed by atoms with Crippen molar-refractivity contribution in [1.82, 2.24) is 19.9 Å². The zero-order valence-corrected chi connectivity index (χ0v) is 26.0. The van der Waals surface area contributed by atoms with Crippen LogP contribution in [0.2, 0.25) is 0 Å². The first kappa shape index (κ1) is 32.6. The first-order valence-electron chi connectivity index (χ1n) is 11.7. The first-order valence-corrected chi connectivity index (χ1v) is 15.0. The van der Waals surface area contributed by atoms with Gasteiger partial charge in [-0.3, -0.25) is 19.2 Å². The van der Waals surface area contributed by atoms with Crippen LogP contribution in [-0.4, -0.2) is 54.6 Å². The zero-order valence-electron chi connectivity index (χ0n) is 21.7. The molecule has 4 aromatic heterocycles. The highest BCUT2D eigenvalue weighted by atomic mass is 127. The third-order valence-corrected chi connectivity index (χ3v) is 5.96. The second kappa shape index (κ2) is 15.9. The lowest BCUT2D eigenvalue weighted by molar-refractivity contribution is 0.109. The van der Waals surface area contributed by atoms with E-state index in [4.69, 9.17) is 14.5 Å². The van der Waals surface area contributed by atoms with Crippen molar-refractivity contribution < 1.29 is 28.5 Å². The second-order valence-corrected chi connectivity index (χ2v) is 9.15. The molecule has 6 aromatic rings. The van der Waals surface area contributed by atoms with Gasteiger partial charge in [0.05, 0.1) is 34.5 Å². The number of alkyl halides is 1. The van der Waals surface area contributed by atoms with Gasteiger partial charge in [0.15, 0.2) is 24.1 Å². The van der Waals surface area contributed by atoms with Gasteiger partial charge in [0, 0.05) is 9.13 Å². The van der Waals surface area contributed by atoms with E-state index in [9.17, 15) is 19.2 Å². The summed E-state index contributed by atoms with van der Waals surface area (Å²) in [5.41, 5.74) is 1.77. The Morgan fingerprint density at radius 2 is 1.31 bits per heavy atom. The van der Waals surface area contributed by atoms with Gasteiger partial charge in [0.25, 0.3) is 11.1 Å². The van der Waals surface area contributed by atoms with Crippen molar-refractivity contribution in [1.29, 1.82) is 0 Å². The molecular weight excluding hydrogens is 773 g/mol. The summed E-state index contributed by atoms with van der Waals surface area (Å²) in [6, 6.07) is 16.8. The number of carbonyl (C=O) groups excluding carboxylic acids is 2. The Labute approximate surface area is 264 Å². The summed E-state index contributed by atoms with van der Waals surface area (Å²) in [7, 11) is -1.64. The van der Waals surface area contributed by atoms with Gasteiger partial charge in [0.2, 0.25) is 0 Å². The number of hydrogen-bond acceptors (Lipinski definition) is 10. The van der Waals surface area contributed by atoms with Crippen molar-refractivity contribution in [2.45, 2.75) is 0 Å². The highest BCUT2D eigenvalue weighted by Crippen LogP contribution is 2.23. The summed E-state index contributed by atoms with van der Waals surface area (Å²) in [5.74, 6) is 0.885. The van der Waals surface area contributed by atoms with Crippen LogP contribution < -0.4 is 16.8 Å². The smallest absolute Gasteiger partial charge is 0.462 e. The normalized spacial score (nSPS) is 9.93. The number of fused-ring (bicyclic) bond motifs is 2. The van der Waals surface area contributed by atoms with E-state index in [-0.39, 0.29) is 28.3 Å². The predicted molar refractivity (Wildman–Crippen MR) is 174 cm³/mol. The van der Waals surface area contributed by atoms with Crippen LogP contribution in [0.1, 0.15) is 21.1 Å². The summed E-state index contributed by atoms with van der Waals surface area (Å²) in [6.07, 6.45) is 3.91. The molecule has 42 heavy (non-hydrogen) atoms. The number of nitrogens with one attached hydrogen (secondary N) is 2. The number of furan rings is 2. The van der Waals surface area contributed by atoms with E-state index in [1.54, 1.807) is 30.3 Å². The number of halogens is 2. The topological polar surface area (TPSA) is 192 Å². The molecule has 0 bridgehead atoms. The van der Waals surface area contributed by atoms with Gasteiger partial charge in [-0.15, -0.1) is 0 Å². The van der Waals surface area contributed by atoms with E-state index in [1.165, 1.54) is 24.8 Å². The van der Waals surface area contributed by atoms with E-state index in [1.807, 2.05) is 23.1 Å². The molecule has 0 amide bonds. The predicted octanol–water partition coefficient (Wildman–Crippen LogP) is 3.35. The third kappa shape index (κ3) is 8.54. The molecule has 0 atom stereocenters. The molecule has 12 nitrogen and oxygen atoms in total. The van der Waals surface area contributed by atoms with Crippen LogP contribution in [0.5, 0.6) is 0 Å². The lowest BCUT2D eigenvalue weighted by atomic mass is 9.88. The number of carbonyl (C=O) groups is 2. The molecule has 0 aliphatic carbocycles. The molecule has 0 spiro atoms. The van der Waals surface area contributed by atoms with Crippen molar-refractivity contribution in [2.75, 3.05) is 4.93 Å².